The molecule has 1 aromatic heterocycles. The maximum absolute atomic E-state index is 12.6. The summed E-state index contributed by atoms with van der Waals surface area (Å²) in [6.45, 7) is 4.90. The van der Waals surface area contributed by atoms with Gasteiger partial charge in [0.05, 0.1) is 6.10 Å². The standard InChI is InChI=1S/C19H29N3O3/c1-5-25-16-11-15(19(16)9-6-10-19)22(4)18(24)20-12-14-8-7-13(2)21(3)17(14)23/h7-8,15-16H,5-6,9-12H2,1-4H3,(H,20,24). The maximum Gasteiger partial charge on any atom is 0.317 e. The highest BCUT2D eigenvalue weighted by atomic mass is 16.5. The van der Waals surface area contributed by atoms with Gasteiger partial charge in [0.2, 0.25) is 0 Å². The summed E-state index contributed by atoms with van der Waals surface area (Å²) in [6.07, 6.45) is 4.69. The van der Waals surface area contributed by atoms with Crippen molar-refractivity contribution in [2.45, 2.75) is 58.2 Å². The Morgan fingerprint density at radius 2 is 2.16 bits per heavy atom. The second-order valence-electron chi connectivity index (χ2n) is 7.42. The average Bonchev–Trinajstić information content (AvgIpc) is 2.53. The van der Waals surface area contributed by atoms with E-state index in [9.17, 15) is 9.59 Å². The van der Waals surface area contributed by atoms with Crippen LogP contribution >= 0.6 is 0 Å². The fourth-order valence-corrected chi connectivity index (χ4v) is 4.30. The van der Waals surface area contributed by atoms with E-state index < -0.39 is 0 Å². The van der Waals surface area contributed by atoms with Gasteiger partial charge in [-0.1, -0.05) is 12.5 Å². The summed E-state index contributed by atoms with van der Waals surface area (Å²) in [4.78, 5) is 26.6. The molecule has 0 bridgehead atoms. The van der Waals surface area contributed by atoms with Crippen molar-refractivity contribution >= 4 is 6.03 Å². The summed E-state index contributed by atoms with van der Waals surface area (Å²) in [5.41, 5.74) is 1.61. The first-order valence-electron chi connectivity index (χ1n) is 9.18. The van der Waals surface area contributed by atoms with Crippen LogP contribution in [0, 0.1) is 12.3 Å². The zero-order chi connectivity index (χ0) is 18.2. The zero-order valence-electron chi connectivity index (χ0n) is 15.7. The number of carbonyl (C=O) groups is 1. The van der Waals surface area contributed by atoms with Crippen molar-refractivity contribution in [2.24, 2.45) is 12.5 Å². The van der Waals surface area contributed by atoms with E-state index in [1.807, 2.05) is 31.9 Å². The largest absolute Gasteiger partial charge is 0.378 e. The molecule has 2 amide bonds. The molecule has 2 aliphatic rings. The van der Waals surface area contributed by atoms with Crippen LogP contribution in [0.25, 0.3) is 0 Å². The molecule has 2 saturated carbocycles. The summed E-state index contributed by atoms with van der Waals surface area (Å²) < 4.78 is 7.47. The minimum absolute atomic E-state index is 0.0570. The molecule has 1 aromatic rings. The van der Waals surface area contributed by atoms with Crippen molar-refractivity contribution in [3.63, 3.8) is 0 Å². The third-order valence-electron chi connectivity index (χ3n) is 6.25. The van der Waals surface area contributed by atoms with E-state index in [1.54, 1.807) is 17.7 Å². The normalized spacial score (nSPS) is 23.7. The molecule has 0 aromatic carbocycles. The van der Waals surface area contributed by atoms with Crippen LogP contribution in [0.2, 0.25) is 0 Å². The number of amides is 2. The van der Waals surface area contributed by atoms with Gasteiger partial charge in [-0.05, 0) is 39.2 Å². The van der Waals surface area contributed by atoms with Gasteiger partial charge in [0, 0.05) is 50.0 Å². The highest BCUT2D eigenvalue weighted by Crippen LogP contribution is 2.58. The first-order valence-corrected chi connectivity index (χ1v) is 9.18. The van der Waals surface area contributed by atoms with Gasteiger partial charge < -0.3 is 19.5 Å². The molecular weight excluding hydrogens is 318 g/mol. The van der Waals surface area contributed by atoms with Gasteiger partial charge in [-0.3, -0.25) is 4.79 Å². The Hall–Kier alpha value is -1.82. The SMILES string of the molecule is CCOC1CC(N(C)C(=O)NCc2ccc(C)n(C)c2=O)C12CCC2. The summed E-state index contributed by atoms with van der Waals surface area (Å²) in [7, 11) is 3.60. The number of nitrogens with one attached hydrogen (secondary N) is 1. The molecule has 2 unspecified atom stereocenters. The molecule has 1 heterocycles. The van der Waals surface area contributed by atoms with Crippen molar-refractivity contribution in [3.05, 3.63) is 33.7 Å². The molecule has 2 atom stereocenters. The highest BCUT2D eigenvalue weighted by Gasteiger charge is 2.60. The van der Waals surface area contributed by atoms with Crippen molar-refractivity contribution in [2.75, 3.05) is 13.7 Å². The monoisotopic (exact) mass is 347 g/mol. The lowest BCUT2D eigenvalue weighted by molar-refractivity contribution is -0.191. The molecule has 2 fully saturated rings. The second-order valence-corrected chi connectivity index (χ2v) is 7.42. The second kappa shape index (κ2) is 6.83. The molecule has 6 nitrogen and oxygen atoms in total. The van der Waals surface area contributed by atoms with Crippen molar-refractivity contribution in [3.8, 4) is 0 Å². The number of hydrogen-bond acceptors (Lipinski definition) is 3. The number of nitrogens with zero attached hydrogens (tertiary/aromatic N) is 2. The van der Waals surface area contributed by atoms with E-state index in [0.717, 1.165) is 31.6 Å². The Labute approximate surface area is 149 Å². The van der Waals surface area contributed by atoms with E-state index in [2.05, 4.69) is 5.32 Å². The minimum atomic E-state index is -0.117. The lowest BCUT2D eigenvalue weighted by atomic mass is 9.50. The smallest absolute Gasteiger partial charge is 0.317 e. The Balaban J connectivity index is 1.61. The number of ether oxygens (including phenoxy) is 1. The fraction of sp³-hybridized carbons (Fsp3) is 0.684. The quantitative estimate of drug-likeness (QED) is 0.888. The Morgan fingerprint density at radius 1 is 1.44 bits per heavy atom. The van der Waals surface area contributed by atoms with Gasteiger partial charge in [-0.25, -0.2) is 4.79 Å². The van der Waals surface area contributed by atoms with E-state index in [-0.39, 0.29) is 35.7 Å². The van der Waals surface area contributed by atoms with Gasteiger partial charge in [0.25, 0.3) is 5.56 Å². The lowest BCUT2D eigenvalue weighted by Gasteiger charge is -2.63. The molecule has 0 radical (unpaired) electrons. The van der Waals surface area contributed by atoms with Crippen LogP contribution in [0.3, 0.4) is 0 Å². The van der Waals surface area contributed by atoms with Gasteiger partial charge in [-0.15, -0.1) is 0 Å². The van der Waals surface area contributed by atoms with Crippen LogP contribution < -0.4 is 10.9 Å². The van der Waals surface area contributed by atoms with Crippen LogP contribution in [0.15, 0.2) is 16.9 Å². The first-order chi connectivity index (χ1) is 11.9. The minimum Gasteiger partial charge on any atom is -0.378 e. The third kappa shape index (κ3) is 2.97. The van der Waals surface area contributed by atoms with Crippen molar-refractivity contribution in [1.29, 1.82) is 0 Å². The fourth-order valence-electron chi connectivity index (χ4n) is 4.30. The molecule has 3 rings (SSSR count). The maximum atomic E-state index is 12.6. The van der Waals surface area contributed by atoms with Gasteiger partial charge in [-0.2, -0.15) is 0 Å². The molecule has 2 aliphatic carbocycles. The van der Waals surface area contributed by atoms with E-state index in [4.69, 9.17) is 4.74 Å². The number of pyridine rings is 1. The van der Waals surface area contributed by atoms with Crippen LogP contribution in [0.4, 0.5) is 4.79 Å². The molecule has 138 valence electrons. The van der Waals surface area contributed by atoms with Gasteiger partial charge in [0.1, 0.15) is 0 Å². The Morgan fingerprint density at radius 3 is 2.76 bits per heavy atom. The van der Waals surface area contributed by atoms with E-state index >= 15 is 0 Å². The average molecular weight is 347 g/mol. The Kier molecular flexibility index (Phi) is 4.91. The van der Waals surface area contributed by atoms with Crippen molar-refractivity contribution in [1.82, 2.24) is 14.8 Å². The number of aromatic nitrogens is 1. The van der Waals surface area contributed by atoms with E-state index in [0.29, 0.717) is 5.56 Å². The molecule has 25 heavy (non-hydrogen) atoms. The van der Waals surface area contributed by atoms with Crippen LogP contribution in [-0.2, 0) is 18.3 Å². The third-order valence-corrected chi connectivity index (χ3v) is 6.25. The number of rotatable bonds is 5. The van der Waals surface area contributed by atoms with Crippen molar-refractivity contribution < 1.29 is 9.53 Å². The predicted molar refractivity (Wildman–Crippen MR) is 96.5 cm³/mol. The van der Waals surface area contributed by atoms with Crippen LogP contribution in [0.5, 0.6) is 0 Å². The Bertz CT molecular complexity index is 708. The number of urea groups is 1. The topological polar surface area (TPSA) is 63.6 Å². The molecule has 0 aliphatic heterocycles. The zero-order valence-corrected chi connectivity index (χ0v) is 15.7. The summed E-state index contributed by atoms with van der Waals surface area (Å²) >= 11 is 0. The number of carbonyl (C=O) groups excluding carboxylic acids is 1. The molecule has 1 spiro atoms. The molecular formula is C19H29N3O3. The first kappa shape index (κ1) is 18.0. The van der Waals surface area contributed by atoms with Gasteiger partial charge in [0.15, 0.2) is 0 Å². The van der Waals surface area contributed by atoms with Crippen LogP contribution in [0.1, 0.15) is 43.9 Å². The molecule has 0 saturated heterocycles. The number of hydrogen-bond donors (Lipinski definition) is 1. The highest BCUT2D eigenvalue weighted by molar-refractivity contribution is 5.74. The summed E-state index contributed by atoms with van der Waals surface area (Å²) in [5.74, 6) is 0. The van der Waals surface area contributed by atoms with E-state index in [1.165, 1.54) is 6.42 Å². The van der Waals surface area contributed by atoms with Crippen LogP contribution in [-0.4, -0.2) is 41.3 Å². The summed E-state index contributed by atoms with van der Waals surface area (Å²) in [6, 6.07) is 3.81. The molecule has 1 N–H and O–H groups in total. The predicted octanol–water partition coefficient (Wildman–Crippen LogP) is 2.18. The summed E-state index contributed by atoms with van der Waals surface area (Å²) in [5, 5.41) is 2.90. The lowest BCUT2D eigenvalue weighted by Crippen LogP contribution is -2.68. The number of aryl methyl sites for hydroxylation is 1. The molecule has 6 heteroatoms. The van der Waals surface area contributed by atoms with Gasteiger partial charge >= 0.3 is 6.03 Å².